The molecule has 0 spiro atoms. The summed E-state index contributed by atoms with van der Waals surface area (Å²) in [5.41, 5.74) is 2.63. The van der Waals surface area contributed by atoms with Crippen molar-refractivity contribution in [3.8, 4) is 0 Å². The molecule has 0 fully saturated rings. The van der Waals surface area contributed by atoms with Crippen LogP contribution in [0.15, 0.2) is 64.3 Å². The molecule has 1 atom stereocenters. The van der Waals surface area contributed by atoms with Crippen LogP contribution in [0.25, 0.3) is 0 Å². The normalized spacial score (nSPS) is 16.1. The number of hydrogen-bond acceptors (Lipinski definition) is 4. The van der Waals surface area contributed by atoms with Gasteiger partial charge in [-0.25, -0.2) is 9.59 Å². The molecule has 2 aromatic carbocycles. The topological polar surface area (TPSA) is 87.7 Å². The number of nitrogens with zero attached hydrogens (tertiary/aromatic N) is 1. The van der Waals surface area contributed by atoms with E-state index >= 15 is 0 Å². The number of carbonyl (C=O) groups is 3. The van der Waals surface area contributed by atoms with Gasteiger partial charge in [0.05, 0.1) is 24.3 Å². The molecule has 2 aromatic rings. The molecule has 3 amide bonds. The van der Waals surface area contributed by atoms with Crippen molar-refractivity contribution in [3.63, 3.8) is 0 Å². The number of ether oxygens (including phenoxy) is 1. The lowest BCUT2D eigenvalue weighted by Crippen LogP contribution is -2.48. The Morgan fingerprint density at radius 2 is 1.94 bits per heavy atom. The van der Waals surface area contributed by atoms with E-state index < -0.39 is 12.0 Å². The van der Waals surface area contributed by atoms with Crippen molar-refractivity contribution >= 4 is 39.5 Å². The van der Waals surface area contributed by atoms with Gasteiger partial charge in [0, 0.05) is 22.4 Å². The Hall–Kier alpha value is -3.13. The van der Waals surface area contributed by atoms with Gasteiger partial charge in [-0.15, -0.1) is 0 Å². The number of anilines is 1. The van der Waals surface area contributed by atoms with Crippen LogP contribution in [0.4, 0.5) is 10.5 Å². The van der Waals surface area contributed by atoms with Gasteiger partial charge in [0.2, 0.25) is 0 Å². The molecule has 0 radical (unpaired) electrons. The first-order chi connectivity index (χ1) is 14.9. The summed E-state index contributed by atoms with van der Waals surface area (Å²) < 4.78 is 5.68. The molecule has 0 aromatic heterocycles. The molecule has 1 aliphatic rings. The Kier molecular flexibility index (Phi) is 7.12. The average molecular weight is 486 g/mol. The number of benzene rings is 2. The number of allylic oxidation sites excluding steroid dienone is 1. The molecule has 0 bridgehead atoms. The molecule has 8 heteroatoms. The van der Waals surface area contributed by atoms with Crippen LogP contribution in [0.3, 0.4) is 0 Å². The monoisotopic (exact) mass is 485 g/mol. The third kappa shape index (κ3) is 4.80. The van der Waals surface area contributed by atoms with E-state index in [4.69, 9.17) is 4.74 Å². The van der Waals surface area contributed by atoms with Crippen LogP contribution < -0.4 is 10.6 Å². The van der Waals surface area contributed by atoms with Gasteiger partial charge < -0.3 is 15.4 Å². The summed E-state index contributed by atoms with van der Waals surface area (Å²) in [6.07, 6.45) is 0.750. The van der Waals surface area contributed by atoms with Crippen molar-refractivity contribution in [1.29, 1.82) is 0 Å². The lowest BCUT2D eigenvalue weighted by Gasteiger charge is -2.35. The third-order valence-electron chi connectivity index (χ3n) is 5.05. The van der Waals surface area contributed by atoms with Crippen LogP contribution in [-0.4, -0.2) is 36.5 Å². The molecule has 31 heavy (non-hydrogen) atoms. The second-order valence-electron chi connectivity index (χ2n) is 7.08. The smallest absolute Gasteiger partial charge is 0.337 e. The van der Waals surface area contributed by atoms with E-state index in [1.54, 1.807) is 54.3 Å². The minimum Gasteiger partial charge on any atom is -0.466 e. The van der Waals surface area contributed by atoms with Gasteiger partial charge in [-0.05, 0) is 59.1 Å². The van der Waals surface area contributed by atoms with Gasteiger partial charge in [0.1, 0.15) is 0 Å². The Balaban J connectivity index is 1.95. The zero-order valence-electron chi connectivity index (χ0n) is 17.6. The van der Waals surface area contributed by atoms with E-state index in [-0.39, 0.29) is 11.9 Å². The fraction of sp³-hybridized carbons (Fsp3) is 0.261. The van der Waals surface area contributed by atoms with Crippen molar-refractivity contribution in [1.82, 2.24) is 10.2 Å². The van der Waals surface area contributed by atoms with Crippen LogP contribution >= 0.6 is 15.9 Å². The van der Waals surface area contributed by atoms with E-state index in [9.17, 15) is 14.4 Å². The minimum atomic E-state index is -0.687. The minimum absolute atomic E-state index is 0.272. The molecule has 1 unspecified atom stereocenters. The molecule has 2 N–H and O–H groups in total. The van der Waals surface area contributed by atoms with Gasteiger partial charge in [-0.1, -0.05) is 31.2 Å². The molecular weight excluding hydrogens is 462 g/mol. The Morgan fingerprint density at radius 3 is 2.61 bits per heavy atom. The van der Waals surface area contributed by atoms with Crippen LogP contribution in [0.1, 0.15) is 42.2 Å². The van der Waals surface area contributed by atoms with Crippen molar-refractivity contribution < 1.29 is 19.1 Å². The largest absolute Gasteiger partial charge is 0.466 e. The van der Waals surface area contributed by atoms with Crippen LogP contribution in [0, 0.1) is 0 Å². The molecule has 7 nitrogen and oxygen atoms in total. The Morgan fingerprint density at radius 1 is 1.19 bits per heavy atom. The van der Waals surface area contributed by atoms with E-state index in [2.05, 4.69) is 26.6 Å². The van der Waals surface area contributed by atoms with E-state index in [1.807, 2.05) is 13.0 Å². The van der Waals surface area contributed by atoms with Crippen molar-refractivity contribution in [3.05, 3.63) is 75.4 Å². The predicted molar refractivity (Wildman–Crippen MR) is 122 cm³/mol. The van der Waals surface area contributed by atoms with Crippen LogP contribution in [0.5, 0.6) is 0 Å². The summed E-state index contributed by atoms with van der Waals surface area (Å²) in [4.78, 5) is 39.4. The molecule has 0 saturated heterocycles. The van der Waals surface area contributed by atoms with Gasteiger partial charge >= 0.3 is 12.0 Å². The summed E-state index contributed by atoms with van der Waals surface area (Å²) in [5, 5.41) is 5.76. The second kappa shape index (κ2) is 9.78. The summed E-state index contributed by atoms with van der Waals surface area (Å²) >= 11 is 3.38. The molecular formula is C23H24BrN3O4. The Labute approximate surface area is 189 Å². The lowest BCUT2D eigenvalue weighted by molar-refractivity contribution is -0.136. The van der Waals surface area contributed by atoms with Crippen molar-refractivity contribution in [2.45, 2.75) is 26.3 Å². The molecule has 1 aliphatic heterocycles. The number of methoxy groups -OCH3 is 1. The second-order valence-corrected chi connectivity index (χ2v) is 7.94. The van der Waals surface area contributed by atoms with Crippen LogP contribution in [0.2, 0.25) is 0 Å². The van der Waals surface area contributed by atoms with E-state index in [0.717, 1.165) is 6.42 Å². The first kappa shape index (κ1) is 22.6. The van der Waals surface area contributed by atoms with Gasteiger partial charge in [0.25, 0.3) is 5.91 Å². The number of urea groups is 1. The molecule has 162 valence electrons. The zero-order valence-corrected chi connectivity index (χ0v) is 19.2. The van der Waals surface area contributed by atoms with Crippen molar-refractivity contribution in [2.24, 2.45) is 0 Å². The zero-order chi connectivity index (χ0) is 22.5. The maximum atomic E-state index is 12.7. The maximum Gasteiger partial charge on any atom is 0.337 e. The van der Waals surface area contributed by atoms with Gasteiger partial charge in [0.15, 0.2) is 0 Å². The molecule has 0 saturated carbocycles. The highest BCUT2D eigenvalue weighted by molar-refractivity contribution is 9.10. The summed E-state index contributed by atoms with van der Waals surface area (Å²) in [6.45, 7) is 4.20. The van der Waals surface area contributed by atoms with Gasteiger partial charge in [-0.3, -0.25) is 9.69 Å². The number of rotatable bonds is 6. The number of nitrogens with one attached hydrogen (secondary N) is 2. The number of esters is 1. The fourth-order valence-electron chi connectivity index (χ4n) is 3.54. The standard InChI is InChI=1S/C23H24BrN3O4/c1-4-12-27-14(2)19(22(29)31-3)20(26-23(27)30)15-8-7-9-16(13-15)25-21(28)17-10-5-6-11-18(17)24/h5-11,13,20H,4,12H2,1-3H3,(H,25,28)(H,26,30). The number of carbonyl (C=O) groups excluding carboxylic acids is 3. The third-order valence-corrected chi connectivity index (χ3v) is 5.74. The van der Waals surface area contributed by atoms with E-state index in [1.165, 1.54) is 7.11 Å². The van der Waals surface area contributed by atoms with E-state index in [0.29, 0.717) is 39.1 Å². The van der Waals surface area contributed by atoms with Crippen LogP contribution in [-0.2, 0) is 9.53 Å². The predicted octanol–water partition coefficient (Wildman–Crippen LogP) is 4.62. The highest BCUT2D eigenvalue weighted by atomic mass is 79.9. The summed E-state index contributed by atoms with van der Waals surface area (Å²) in [6, 6.07) is 13.2. The van der Waals surface area contributed by atoms with Gasteiger partial charge in [-0.2, -0.15) is 0 Å². The first-order valence-electron chi connectivity index (χ1n) is 9.90. The first-order valence-corrected chi connectivity index (χ1v) is 10.7. The SMILES string of the molecule is CCCN1C(=O)NC(c2cccc(NC(=O)c3ccccc3Br)c2)C(C(=O)OC)=C1C. The number of hydrogen-bond donors (Lipinski definition) is 2. The highest BCUT2D eigenvalue weighted by Crippen LogP contribution is 2.32. The average Bonchev–Trinajstić information content (AvgIpc) is 2.76. The Bertz CT molecular complexity index is 1050. The maximum absolute atomic E-state index is 12.7. The fourth-order valence-corrected chi connectivity index (χ4v) is 4.00. The number of halogens is 1. The quantitative estimate of drug-likeness (QED) is 0.584. The molecule has 0 aliphatic carbocycles. The highest BCUT2D eigenvalue weighted by Gasteiger charge is 2.36. The lowest BCUT2D eigenvalue weighted by atomic mass is 9.94. The number of amides is 3. The molecule has 1 heterocycles. The molecule has 3 rings (SSSR count). The summed E-state index contributed by atoms with van der Waals surface area (Å²) in [7, 11) is 1.31. The summed E-state index contributed by atoms with van der Waals surface area (Å²) in [5.74, 6) is -0.780. The van der Waals surface area contributed by atoms with Crippen molar-refractivity contribution in [2.75, 3.05) is 19.0 Å².